The summed E-state index contributed by atoms with van der Waals surface area (Å²) in [5.41, 5.74) is 0. The first-order valence-electron chi connectivity index (χ1n) is 3.45. The molecule has 0 unspecified atom stereocenters. The molecular formula is C7H4BrClN4. The van der Waals surface area contributed by atoms with E-state index in [1.165, 1.54) is 0 Å². The Morgan fingerprint density at radius 3 is 2.92 bits per heavy atom. The molecule has 4 nitrogen and oxygen atoms in total. The predicted octanol–water partition coefficient (Wildman–Crippen LogP) is 2.08. The van der Waals surface area contributed by atoms with Gasteiger partial charge in [-0.05, 0) is 15.9 Å². The zero-order chi connectivity index (χ0) is 9.26. The van der Waals surface area contributed by atoms with Gasteiger partial charge < -0.3 is 0 Å². The Hall–Kier alpha value is -0.940. The minimum Gasteiger partial charge on any atom is -0.231 e. The van der Waals surface area contributed by atoms with Crippen molar-refractivity contribution in [1.29, 1.82) is 0 Å². The molecule has 0 radical (unpaired) electrons. The molecule has 2 aromatic heterocycles. The van der Waals surface area contributed by atoms with Gasteiger partial charge >= 0.3 is 0 Å². The molecule has 2 aromatic rings. The van der Waals surface area contributed by atoms with E-state index < -0.39 is 0 Å². The average Bonchev–Trinajstić information content (AvgIpc) is 2.52. The highest BCUT2D eigenvalue weighted by Gasteiger charge is 2.00. The van der Waals surface area contributed by atoms with E-state index in [1.807, 2.05) is 0 Å². The molecule has 0 aliphatic rings. The molecule has 66 valence electrons. The molecule has 2 rings (SSSR count). The van der Waals surface area contributed by atoms with E-state index in [9.17, 15) is 0 Å². The van der Waals surface area contributed by atoms with Crippen LogP contribution >= 0.6 is 27.5 Å². The fourth-order valence-electron chi connectivity index (χ4n) is 0.880. The standard InChI is InChI=1S/C7H4BrClN4/c8-7-10-2-1-6(12-7)13-4-5(9)3-11-13/h1-4H. The summed E-state index contributed by atoms with van der Waals surface area (Å²) < 4.78 is 2.10. The van der Waals surface area contributed by atoms with Crippen LogP contribution < -0.4 is 0 Å². The Morgan fingerprint density at radius 2 is 2.31 bits per heavy atom. The maximum atomic E-state index is 5.71. The summed E-state index contributed by atoms with van der Waals surface area (Å²) in [7, 11) is 0. The number of nitrogens with zero attached hydrogens (tertiary/aromatic N) is 4. The van der Waals surface area contributed by atoms with E-state index in [-0.39, 0.29) is 0 Å². The van der Waals surface area contributed by atoms with Crippen LogP contribution in [0.3, 0.4) is 0 Å². The molecule has 0 aliphatic carbocycles. The largest absolute Gasteiger partial charge is 0.231 e. The molecular weight excluding hydrogens is 255 g/mol. The quantitative estimate of drug-likeness (QED) is 0.737. The Labute approximate surface area is 87.7 Å². The van der Waals surface area contributed by atoms with Crippen molar-refractivity contribution >= 4 is 27.5 Å². The number of rotatable bonds is 1. The minimum absolute atomic E-state index is 0.525. The molecule has 2 heterocycles. The lowest BCUT2D eigenvalue weighted by Crippen LogP contribution is -1.98. The van der Waals surface area contributed by atoms with Crippen molar-refractivity contribution in [3.05, 3.63) is 34.4 Å². The molecule has 0 atom stereocenters. The van der Waals surface area contributed by atoms with Gasteiger partial charge in [0.15, 0.2) is 10.6 Å². The normalized spacial score (nSPS) is 10.3. The predicted molar refractivity (Wildman–Crippen MR) is 51.9 cm³/mol. The molecule has 0 aliphatic heterocycles. The summed E-state index contributed by atoms with van der Waals surface area (Å²) in [5, 5.41) is 4.58. The lowest BCUT2D eigenvalue weighted by molar-refractivity contribution is 0.833. The van der Waals surface area contributed by atoms with Crippen LogP contribution in [0.5, 0.6) is 0 Å². The minimum atomic E-state index is 0.525. The van der Waals surface area contributed by atoms with Crippen LogP contribution in [0.2, 0.25) is 5.02 Å². The van der Waals surface area contributed by atoms with Crippen LogP contribution in [-0.4, -0.2) is 19.7 Å². The van der Waals surface area contributed by atoms with Crippen molar-refractivity contribution in [2.45, 2.75) is 0 Å². The van der Waals surface area contributed by atoms with Gasteiger partial charge in [0.05, 0.1) is 17.4 Å². The fraction of sp³-hybridized carbons (Fsp3) is 0. The second kappa shape index (κ2) is 3.43. The number of aromatic nitrogens is 4. The zero-order valence-electron chi connectivity index (χ0n) is 6.35. The lowest BCUT2D eigenvalue weighted by atomic mass is 10.6. The molecule has 0 N–H and O–H groups in total. The van der Waals surface area contributed by atoms with Crippen LogP contribution in [0.25, 0.3) is 5.82 Å². The molecule has 6 heteroatoms. The molecule has 0 fully saturated rings. The number of halogens is 2. The van der Waals surface area contributed by atoms with Crippen molar-refractivity contribution in [2.24, 2.45) is 0 Å². The molecule has 0 spiro atoms. The molecule has 0 aromatic carbocycles. The third-order valence-electron chi connectivity index (χ3n) is 1.40. The number of hydrogen-bond acceptors (Lipinski definition) is 3. The first-order valence-corrected chi connectivity index (χ1v) is 4.62. The van der Waals surface area contributed by atoms with Crippen LogP contribution in [0.15, 0.2) is 29.4 Å². The van der Waals surface area contributed by atoms with Gasteiger partial charge in [0.1, 0.15) is 0 Å². The third-order valence-corrected chi connectivity index (χ3v) is 1.97. The first kappa shape index (κ1) is 8.65. The van der Waals surface area contributed by atoms with Crippen molar-refractivity contribution in [3.8, 4) is 5.82 Å². The van der Waals surface area contributed by atoms with Crippen LogP contribution in [0, 0.1) is 0 Å². The highest BCUT2D eigenvalue weighted by atomic mass is 79.9. The van der Waals surface area contributed by atoms with Gasteiger partial charge in [0.25, 0.3) is 0 Å². The molecule has 0 bridgehead atoms. The van der Waals surface area contributed by atoms with Gasteiger partial charge in [-0.15, -0.1) is 0 Å². The van der Waals surface area contributed by atoms with Crippen molar-refractivity contribution in [3.63, 3.8) is 0 Å². The zero-order valence-corrected chi connectivity index (χ0v) is 8.70. The summed E-state index contributed by atoms with van der Waals surface area (Å²) >= 11 is 8.88. The second-order valence-electron chi connectivity index (χ2n) is 2.29. The van der Waals surface area contributed by atoms with E-state index in [0.29, 0.717) is 15.6 Å². The van der Waals surface area contributed by atoms with E-state index >= 15 is 0 Å². The Balaban J connectivity index is 2.46. The molecule has 13 heavy (non-hydrogen) atoms. The maximum absolute atomic E-state index is 5.71. The summed E-state index contributed by atoms with van der Waals surface area (Å²) in [6.07, 6.45) is 4.87. The Kier molecular flexibility index (Phi) is 2.28. The van der Waals surface area contributed by atoms with E-state index in [0.717, 1.165) is 0 Å². The molecule has 0 saturated heterocycles. The first-order chi connectivity index (χ1) is 6.25. The van der Waals surface area contributed by atoms with Gasteiger partial charge in [0, 0.05) is 12.3 Å². The van der Waals surface area contributed by atoms with E-state index in [4.69, 9.17) is 11.6 Å². The molecule has 0 amide bonds. The summed E-state index contributed by atoms with van der Waals surface area (Å²) in [4.78, 5) is 8.01. The average molecular weight is 259 g/mol. The Morgan fingerprint density at radius 1 is 1.46 bits per heavy atom. The highest BCUT2D eigenvalue weighted by Crippen LogP contribution is 2.10. The maximum Gasteiger partial charge on any atom is 0.198 e. The van der Waals surface area contributed by atoms with Gasteiger partial charge in [-0.25, -0.2) is 14.6 Å². The van der Waals surface area contributed by atoms with Crippen molar-refractivity contribution in [2.75, 3.05) is 0 Å². The van der Waals surface area contributed by atoms with Crippen LogP contribution in [0.4, 0.5) is 0 Å². The Bertz CT molecular complexity index is 428. The lowest BCUT2D eigenvalue weighted by Gasteiger charge is -1.98. The van der Waals surface area contributed by atoms with Crippen molar-refractivity contribution in [1.82, 2.24) is 19.7 Å². The monoisotopic (exact) mass is 258 g/mol. The van der Waals surface area contributed by atoms with E-state index in [1.54, 1.807) is 29.3 Å². The van der Waals surface area contributed by atoms with Gasteiger partial charge in [-0.1, -0.05) is 11.6 Å². The fourth-order valence-corrected chi connectivity index (χ4v) is 1.32. The summed E-state index contributed by atoms with van der Waals surface area (Å²) in [5.74, 6) is 0.675. The smallest absolute Gasteiger partial charge is 0.198 e. The van der Waals surface area contributed by atoms with Gasteiger partial charge in [0.2, 0.25) is 0 Å². The van der Waals surface area contributed by atoms with Crippen LogP contribution in [0.1, 0.15) is 0 Å². The highest BCUT2D eigenvalue weighted by molar-refractivity contribution is 9.10. The van der Waals surface area contributed by atoms with Gasteiger partial charge in [-0.2, -0.15) is 5.10 Å². The van der Waals surface area contributed by atoms with Gasteiger partial charge in [-0.3, -0.25) is 0 Å². The van der Waals surface area contributed by atoms with Crippen molar-refractivity contribution < 1.29 is 0 Å². The summed E-state index contributed by atoms with van der Waals surface area (Å²) in [6.45, 7) is 0. The topological polar surface area (TPSA) is 43.6 Å². The number of hydrogen-bond donors (Lipinski definition) is 0. The summed E-state index contributed by atoms with van der Waals surface area (Å²) in [6, 6.07) is 1.74. The third kappa shape index (κ3) is 1.87. The SMILES string of the molecule is Clc1cnn(-c2ccnc(Br)n2)c1. The van der Waals surface area contributed by atoms with Crippen LogP contribution in [-0.2, 0) is 0 Å². The van der Waals surface area contributed by atoms with E-state index in [2.05, 4.69) is 31.0 Å². The second-order valence-corrected chi connectivity index (χ2v) is 3.43. The molecule has 0 saturated carbocycles.